The van der Waals surface area contributed by atoms with Crippen LogP contribution in [0.4, 0.5) is 5.82 Å². The first-order valence-corrected chi connectivity index (χ1v) is 10.1. The van der Waals surface area contributed by atoms with Crippen molar-refractivity contribution in [1.29, 1.82) is 0 Å². The van der Waals surface area contributed by atoms with Crippen molar-refractivity contribution >= 4 is 34.9 Å². The number of aromatic nitrogens is 4. The van der Waals surface area contributed by atoms with E-state index >= 15 is 0 Å². The summed E-state index contributed by atoms with van der Waals surface area (Å²) in [5.41, 5.74) is 2.89. The molecule has 0 aliphatic carbocycles. The number of nitrogens with one attached hydrogen (secondary N) is 1. The van der Waals surface area contributed by atoms with E-state index in [1.54, 1.807) is 10.7 Å². The molecule has 2 heterocycles. The smallest absolute Gasteiger partial charge is 0.287 e. The third kappa shape index (κ3) is 4.52. The molecule has 0 aliphatic rings. The Hall–Kier alpha value is -3.42. The topological polar surface area (TPSA) is 81.8 Å². The molecule has 156 valence electrons. The van der Waals surface area contributed by atoms with Gasteiger partial charge in [-0.15, -0.1) is 0 Å². The Balaban J connectivity index is 1.66. The third-order valence-corrected chi connectivity index (χ3v) is 5.31. The Labute approximate surface area is 187 Å². The number of carbonyl (C=O) groups is 1. The molecule has 1 N–H and O–H groups in total. The highest BCUT2D eigenvalue weighted by Crippen LogP contribution is 2.25. The molecule has 0 spiro atoms. The molecular formula is C22H17Cl2N5O2. The van der Waals surface area contributed by atoms with Gasteiger partial charge in [-0.25, -0.2) is 9.36 Å². The van der Waals surface area contributed by atoms with Crippen LogP contribution in [0.2, 0.25) is 10.0 Å². The number of benzene rings is 2. The van der Waals surface area contributed by atoms with Crippen molar-refractivity contribution in [3.05, 3.63) is 92.8 Å². The van der Waals surface area contributed by atoms with Crippen LogP contribution in [0.3, 0.4) is 0 Å². The summed E-state index contributed by atoms with van der Waals surface area (Å²) in [5.74, 6) is 0.000380. The van der Waals surface area contributed by atoms with Crippen molar-refractivity contribution in [1.82, 2.24) is 19.6 Å². The first kappa shape index (κ1) is 20.8. The second-order valence-electron chi connectivity index (χ2n) is 6.85. The van der Waals surface area contributed by atoms with Gasteiger partial charge in [-0.05, 0) is 19.1 Å². The van der Waals surface area contributed by atoms with Crippen LogP contribution in [0, 0.1) is 6.92 Å². The summed E-state index contributed by atoms with van der Waals surface area (Å²) in [6.45, 7) is 1.69. The maximum atomic E-state index is 12.7. The molecule has 4 rings (SSSR count). The maximum Gasteiger partial charge on any atom is 0.287 e. The van der Waals surface area contributed by atoms with Crippen molar-refractivity contribution in [2.75, 3.05) is 5.32 Å². The van der Waals surface area contributed by atoms with Crippen LogP contribution in [-0.2, 0) is 11.3 Å². The Bertz CT molecular complexity index is 1300. The van der Waals surface area contributed by atoms with Gasteiger partial charge in [0.2, 0.25) is 5.91 Å². The average Bonchev–Trinajstić information content (AvgIpc) is 3.19. The SMILES string of the molecule is Cc1ccc(-c2cc(NC(=O)Cn3ncc(Cl)c(Cl)c3=O)n(-c3ccccc3)n2)cc1. The largest absolute Gasteiger partial charge is 0.309 e. The van der Waals surface area contributed by atoms with Gasteiger partial charge in [-0.1, -0.05) is 71.2 Å². The third-order valence-electron chi connectivity index (χ3n) is 4.56. The Morgan fingerprint density at radius 2 is 1.77 bits per heavy atom. The number of aryl methyl sites for hydroxylation is 1. The molecule has 2 aromatic carbocycles. The van der Waals surface area contributed by atoms with E-state index < -0.39 is 11.5 Å². The first-order valence-electron chi connectivity index (χ1n) is 9.36. The standard InChI is InChI=1S/C22H17Cl2N5O2/c1-14-7-9-15(10-8-14)18-11-19(29(27-18)16-5-3-2-4-6-16)26-20(30)13-28-22(31)21(24)17(23)12-25-28/h2-12H,13H2,1H3,(H,26,30). The normalized spacial score (nSPS) is 10.8. The fraction of sp³-hybridized carbons (Fsp3) is 0.0909. The van der Waals surface area contributed by atoms with E-state index in [1.165, 1.54) is 6.20 Å². The van der Waals surface area contributed by atoms with Crippen LogP contribution < -0.4 is 10.9 Å². The van der Waals surface area contributed by atoms with E-state index in [2.05, 4.69) is 15.5 Å². The molecule has 0 fully saturated rings. The summed E-state index contributed by atoms with van der Waals surface area (Å²) in [7, 11) is 0. The lowest BCUT2D eigenvalue weighted by Crippen LogP contribution is -2.30. The van der Waals surface area contributed by atoms with Gasteiger partial charge < -0.3 is 5.32 Å². The van der Waals surface area contributed by atoms with Crippen LogP contribution >= 0.6 is 23.2 Å². The molecule has 4 aromatic rings. The number of hydrogen-bond donors (Lipinski definition) is 1. The Morgan fingerprint density at radius 1 is 1.06 bits per heavy atom. The number of amides is 1. The molecule has 0 bridgehead atoms. The highest BCUT2D eigenvalue weighted by Gasteiger charge is 2.16. The molecule has 0 radical (unpaired) electrons. The molecule has 2 aromatic heterocycles. The lowest BCUT2D eigenvalue weighted by Gasteiger charge is -2.09. The molecule has 0 unspecified atom stereocenters. The lowest BCUT2D eigenvalue weighted by molar-refractivity contribution is -0.117. The molecule has 0 saturated carbocycles. The van der Waals surface area contributed by atoms with Crippen molar-refractivity contribution in [3.8, 4) is 16.9 Å². The van der Waals surface area contributed by atoms with Gasteiger partial charge in [0.1, 0.15) is 17.4 Å². The van der Waals surface area contributed by atoms with Crippen LogP contribution in [0.15, 0.2) is 71.7 Å². The number of carbonyl (C=O) groups excluding carboxylic acids is 1. The fourth-order valence-electron chi connectivity index (χ4n) is 2.98. The maximum absolute atomic E-state index is 12.7. The number of anilines is 1. The van der Waals surface area contributed by atoms with Gasteiger partial charge in [0.15, 0.2) is 0 Å². The second kappa shape index (κ2) is 8.75. The zero-order valence-electron chi connectivity index (χ0n) is 16.4. The minimum absolute atomic E-state index is 0.0354. The predicted octanol–water partition coefficient (Wildman–Crippen LogP) is 4.35. The van der Waals surface area contributed by atoms with E-state index in [1.807, 2.05) is 61.5 Å². The second-order valence-corrected chi connectivity index (χ2v) is 7.63. The molecule has 31 heavy (non-hydrogen) atoms. The highest BCUT2D eigenvalue weighted by atomic mass is 35.5. The fourth-order valence-corrected chi connectivity index (χ4v) is 3.25. The Morgan fingerprint density at radius 3 is 2.48 bits per heavy atom. The van der Waals surface area contributed by atoms with Crippen LogP contribution in [-0.4, -0.2) is 25.5 Å². The Kier molecular flexibility index (Phi) is 5.88. The predicted molar refractivity (Wildman–Crippen MR) is 121 cm³/mol. The monoisotopic (exact) mass is 453 g/mol. The van der Waals surface area contributed by atoms with E-state index in [0.29, 0.717) is 11.5 Å². The molecule has 7 nitrogen and oxygen atoms in total. The number of hydrogen-bond acceptors (Lipinski definition) is 4. The summed E-state index contributed by atoms with van der Waals surface area (Å²) in [5, 5.41) is 11.2. The van der Waals surface area contributed by atoms with Gasteiger partial charge in [0, 0.05) is 11.6 Å². The summed E-state index contributed by atoms with van der Waals surface area (Å²) >= 11 is 11.7. The minimum atomic E-state index is -0.638. The number of nitrogens with zero attached hydrogens (tertiary/aromatic N) is 4. The summed E-state index contributed by atoms with van der Waals surface area (Å²) in [6, 6.07) is 19.1. The summed E-state index contributed by atoms with van der Waals surface area (Å²) < 4.78 is 2.59. The first-order chi connectivity index (χ1) is 14.9. The summed E-state index contributed by atoms with van der Waals surface area (Å²) in [4.78, 5) is 24.8. The van der Waals surface area contributed by atoms with E-state index in [4.69, 9.17) is 23.2 Å². The summed E-state index contributed by atoms with van der Waals surface area (Å²) in [6.07, 6.45) is 1.22. The van der Waals surface area contributed by atoms with E-state index in [0.717, 1.165) is 21.5 Å². The van der Waals surface area contributed by atoms with Gasteiger partial charge >= 0.3 is 0 Å². The molecular weight excluding hydrogens is 437 g/mol. The van der Waals surface area contributed by atoms with E-state index in [-0.39, 0.29) is 16.6 Å². The molecule has 1 amide bonds. The van der Waals surface area contributed by atoms with Crippen molar-refractivity contribution in [2.45, 2.75) is 13.5 Å². The van der Waals surface area contributed by atoms with Crippen LogP contribution in [0.1, 0.15) is 5.56 Å². The number of halogens is 2. The number of para-hydroxylation sites is 1. The number of rotatable bonds is 5. The zero-order chi connectivity index (χ0) is 22.0. The molecule has 0 saturated heterocycles. The quantitative estimate of drug-likeness (QED) is 0.486. The van der Waals surface area contributed by atoms with Crippen LogP contribution in [0.25, 0.3) is 16.9 Å². The van der Waals surface area contributed by atoms with Crippen molar-refractivity contribution in [2.24, 2.45) is 0 Å². The van der Waals surface area contributed by atoms with Crippen molar-refractivity contribution < 1.29 is 4.79 Å². The lowest BCUT2D eigenvalue weighted by atomic mass is 10.1. The average molecular weight is 454 g/mol. The van der Waals surface area contributed by atoms with Gasteiger partial charge in [-0.2, -0.15) is 10.2 Å². The minimum Gasteiger partial charge on any atom is -0.309 e. The van der Waals surface area contributed by atoms with Gasteiger partial charge in [-0.3, -0.25) is 9.59 Å². The molecule has 0 aliphatic heterocycles. The zero-order valence-corrected chi connectivity index (χ0v) is 17.9. The van der Waals surface area contributed by atoms with Gasteiger partial charge in [0.05, 0.1) is 22.6 Å². The van der Waals surface area contributed by atoms with Crippen molar-refractivity contribution in [3.63, 3.8) is 0 Å². The molecule has 0 atom stereocenters. The van der Waals surface area contributed by atoms with Gasteiger partial charge in [0.25, 0.3) is 5.56 Å². The molecule has 9 heteroatoms. The van der Waals surface area contributed by atoms with Crippen LogP contribution in [0.5, 0.6) is 0 Å². The highest BCUT2D eigenvalue weighted by molar-refractivity contribution is 6.41. The van der Waals surface area contributed by atoms with E-state index in [9.17, 15) is 9.59 Å².